The number of carbonyl (C=O) groups excluding carboxylic acids is 2. The number of hydrogen-bond donors (Lipinski definition) is 2. The van der Waals surface area contributed by atoms with Gasteiger partial charge in [-0.05, 0) is 23.8 Å². The molecule has 0 aliphatic carbocycles. The van der Waals surface area contributed by atoms with E-state index in [-0.39, 0.29) is 17.6 Å². The Kier molecular flexibility index (Phi) is 3.09. The van der Waals surface area contributed by atoms with E-state index in [9.17, 15) is 14.4 Å². The van der Waals surface area contributed by atoms with Gasteiger partial charge >= 0.3 is 11.9 Å². The molecule has 0 aromatic heterocycles. The molecule has 1 fully saturated rings. The van der Waals surface area contributed by atoms with Crippen LogP contribution < -0.4 is 5.48 Å². The quantitative estimate of drug-likeness (QED) is 0.752. The van der Waals surface area contributed by atoms with Crippen molar-refractivity contribution in [3.05, 3.63) is 41.0 Å². The third-order valence-electron chi connectivity index (χ3n) is 2.37. The number of aromatic carboxylic acids is 1. The van der Waals surface area contributed by atoms with Crippen molar-refractivity contribution in [1.82, 2.24) is 5.48 Å². The minimum Gasteiger partial charge on any atom is -0.478 e. The third-order valence-corrected chi connectivity index (χ3v) is 2.37. The summed E-state index contributed by atoms with van der Waals surface area (Å²) in [6.45, 7) is 0. The van der Waals surface area contributed by atoms with E-state index in [1.807, 2.05) is 5.48 Å². The SMILES string of the molecule is O=C1C/C(=C/c2ccc(C(=O)O)cc2)C(=O)ON1. The first kappa shape index (κ1) is 11.8. The zero-order valence-corrected chi connectivity index (χ0v) is 9.17. The number of hydrogen-bond acceptors (Lipinski definition) is 4. The minimum absolute atomic E-state index is 0.0560. The highest BCUT2D eigenvalue weighted by Crippen LogP contribution is 2.15. The molecule has 1 aromatic carbocycles. The molecule has 1 aliphatic heterocycles. The van der Waals surface area contributed by atoms with Crippen molar-refractivity contribution in [3.63, 3.8) is 0 Å². The number of rotatable bonds is 2. The van der Waals surface area contributed by atoms with Crippen molar-refractivity contribution in [1.29, 1.82) is 0 Å². The maximum absolute atomic E-state index is 11.3. The molecule has 2 N–H and O–H groups in total. The van der Waals surface area contributed by atoms with Gasteiger partial charge in [0.15, 0.2) is 0 Å². The summed E-state index contributed by atoms with van der Waals surface area (Å²) in [7, 11) is 0. The summed E-state index contributed by atoms with van der Waals surface area (Å²) < 4.78 is 0. The molecule has 1 aromatic rings. The van der Waals surface area contributed by atoms with Crippen LogP contribution in [0.25, 0.3) is 6.08 Å². The first-order valence-electron chi connectivity index (χ1n) is 5.10. The van der Waals surface area contributed by atoms with Crippen molar-refractivity contribution in [2.75, 3.05) is 0 Å². The number of nitrogens with one attached hydrogen (secondary N) is 1. The normalized spacial score (nSPS) is 17.2. The van der Waals surface area contributed by atoms with E-state index in [1.165, 1.54) is 18.2 Å². The number of hydroxylamine groups is 1. The van der Waals surface area contributed by atoms with Gasteiger partial charge in [0.2, 0.25) is 0 Å². The fraction of sp³-hybridized carbons (Fsp3) is 0.0833. The van der Waals surface area contributed by atoms with E-state index in [0.717, 1.165) is 0 Å². The van der Waals surface area contributed by atoms with Gasteiger partial charge in [0, 0.05) is 5.57 Å². The van der Waals surface area contributed by atoms with Crippen LogP contribution in [0.1, 0.15) is 22.3 Å². The predicted molar refractivity (Wildman–Crippen MR) is 60.2 cm³/mol. The molecule has 0 bridgehead atoms. The second kappa shape index (κ2) is 4.70. The number of carboxylic acids is 1. The Bertz CT molecular complexity index is 544. The summed E-state index contributed by atoms with van der Waals surface area (Å²) >= 11 is 0. The van der Waals surface area contributed by atoms with Crippen LogP contribution in [-0.4, -0.2) is 23.0 Å². The Morgan fingerprint density at radius 1 is 1.28 bits per heavy atom. The van der Waals surface area contributed by atoms with Crippen molar-refractivity contribution in [2.45, 2.75) is 6.42 Å². The van der Waals surface area contributed by atoms with Crippen LogP contribution >= 0.6 is 0 Å². The molecule has 1 aliphatic rings. The lowest BCUT2D eigenvalue weighted by Gasteiger charge is -2.13. The lowest BCUT2D eigenvalue weighted by Crippen LogP contribution is -2.34. The van der Waals surface area contributed by atoms with E-state index in [0.29, 0.717) is 5.56 Å². The van der Waals surface area contributed by atoms with E-state index in [1.54, 1.807) is 12.1 Å². The highest BCUT2D eigenvalue weighted by molar-refractivity contribution is 6.02. The molecule has 92 valence electrons. The lowest BCUT2D eigenvalue weighted by atomic mass is 10.1. The minimum atomic E-state index is -1.02. The maximum atomic E-state index is 11.3. The molecule has 0 unspecified atom stereocenters. The van der Waals surface area contributed by atoms with Crippen LogP contribution in [0, 0.1) is 0 Å². The Labute approximate surface area is 102 Å². The van der Waals surface area contributed by atoms with Crippen molar-refractivity contribution >= 4 is 23.9 Å². The highest BCUT2D eigenvalue weighted by Gasteiger charge is 2.22. The number of benzene rings is 1. The predicted octanol–water partition coefficient (Wildman–Crippen LogP) is 0.746. The average molecular weight is 247 g/mol. The highest BCUT2D eigenvalue weighted by atomic mass is 16.7. The zero-order chi connectivity index (χ0) is 13.1. The van der Waals surface area contributed by atoms with Gasteiger partial charge in [-0.15, -0.1) is 0 Å². The number of carboxylic acid groups (broad SMARTS) is 1. The van der Waals surface area contributed by atoms with Crippen LogP contribution in [-0.2, 0) is 14.4 Å². The van der Waals surface area contributed by atoms with Crippen LogP contribution in [0.4, 0.5) is 0 Å². The Morgan fingerprint density at radius 3 is 2.56 bits per heavy atom. The van der Waals surface area contributed by atoms with Crippen LogP contribution in [0.5, 0.6) is 0 Å². The van der Waals surface area contributed by atoms with E-state index < -0.39 is 17.8 Å². The second-order valence-corrected chi connectivity index (χ2v) is 3.69. The van der Waals surface area contributed by atoms with Gasteiger partial charge < -0.3 is 9.94 Å². The van der Waals surface area contributed by atoms with Crippen LogP contribution in [0.15, 0.2) is 29.8 Å². The van der Waals surface area contributed by atoms with Crippen molar-refractivity contribution in [2.24, 2.45) is 0 Å². The average Bonchev–Trinajstić information content (AvgIpc) is 2.34. The van der Waals surface area contributed by atoms with E-state index >= 15 is 0 Å². The summed E-state index contributed by atoms with van der Waals surface area (Å²) in [5.41, 5.74) is 2.97. The largest absolute Gasteiger partial charge is 0.478 e. The number of amides is 1. The Hall–Kier alpha value is -2.63. The third kappa shape index (κ3) is 2.54. The van der Waals surface area contributed by atoms with Crippen LogP contribution in [0.2, 0.25) is 0 Å². The summed E-state index contributed by atoms with van der Waals surface area (Å²) in [6, 6.07) is 5.94. The standard InChI is InChI=1S/C12H9NO5/c14-10-6-9(12(17)18-13-10)5-7-1-3-8(4-2-7)11(15)16/h1-5H,6H2,(H,13,14)(H,15,16)/b9-5-. The molecule has 1 amide bonds. The first-order valence-corrected chi connectivity index (χ1v) is 5.10. The fourth-order valence-corrected chi connectivity index (χ4v) is 1.48. The fourth-order valence-electron chi connectivity index (χ4n) is 1.48. The molecule has 0 atom stereocenters. The monoisotopic (exact) mass is 247 g/mol. The summed E-state index contributed by atoms with van der Waals surface area (Å²) in [6.07, 6.45) is 1.44. The molecule has 6 heteroatoms. The first-order chi connectivity index (χ1) is 8.56. The Morgan fingerprint density at radius 2 is 1.94 bits per heavy atom. The van der Waals surface area contributed by atoms with Gasteiger partial charge in [0.25, 0.3) is 5.91 Å². The van der Waals surface area contributed by atoms with Crippen LogP contribution in [0.3, 0.4) is 0 Å². The van der Waals surface area contributed by atoms with E-state index in [2.05, 4.69) is 4.84 Å². The lowest BCUT2D eigenvalue weighted by molar-refractivity contribution is -0.158. The molecule has 0 spiro atoms. The second-order valence-electron chi connectivity index (χ2n) is 3.69. The van der Waals surface area contributed by atoms with Crippen molar-refractivity contribution in [3.8, 4) is 0 Å². The molecule has 0 saturated carbocycles. The molecule has 0 radical (unpaired) electrons. The molecule has 2 rings (SSSR count). The summed E-state index contributed by atoms with van der Waals surface area (Å²) in [5, 5.41) is 8.73. The summed E-state index contributed by atoms with van der Waals surface area (Å²) in [5.74, 6) is -2.04. The smallest absolute Gasteiger partial charge is 0.359 e. The zero-order valence-electron chi connectivity index (χ0n) is 9.17. The van der Waals surface area contributed by atoms with Gasteiger partial charge in [-0.1, -0.05) is 12.1 Å². The maximum Gasteiger partial charge on any atom is 0.359 e. The van der Waals surface area contributed by atoms with Gasteiger partial charge in [-0.25, -0.2) is 9.59 Å². The van der Waals surface area contributed by atoms with Crippen molar-refractivity contribution < 1.29 is 24.3 Å². The molecule has 1 saturated heterocycles. The molecule has 18 heavy (non-hydrogen) atoms. The topological polar surface area (TPSA) is 92.7 Å². The van der Waals surface area contributed by atoms with Gasteiger partial charge in [0.05, 0.1) is 12.0 Å². The Balaban J connectivity index is 2.23. The van der Waals surface area contributed by atoms with Gasteiger partial charge in [0.1, 0.15) is 0 Å². The number of carbonyl (C=O) groups is 3. The van der Waals surface area contributed by atoms with E-state index in [4.69, 9.17) is 5.11 Å². The van der Waals surface area contributed by atoms with Gasteiger partial charge in [-0.3, -0.25) is 4.79 Å². The molecule has 6 nitrogen and oxygen atoms in total. The molecular formula is C12H9NO5. The molecule has 1 heterocycles. The summed E-state index contributed by atoms with van der Waals surface area (Å²) in [4.78, 5) is 37.5. The molecular weight excluding hydrogens is 238 g/mol. The van der Waals surface area contributed by atoms with Gasteiger partial charge in [-0.2, -0.15) is 5.48 Å².